The summed E-state index contributed by atoms with van der Waals surface area (Å²) >= 11 is 0. The van der Waals surface area contributed by atoms with Gasteiger partial charge in [0.15, 0.2) is 6.73 Å². The maximum absolute atomic E-state index is 11.6. The van der Waals surface area contributed by atoms with Gasteiger partial charge < -0.3 is 20.3 Å². The van der Waals surface area contributed by atoms with E-state index >= 15 is 0 Å². The van der Waals surface area contributed by atoms with Crippen LogP contribution in [-0.4, -0.2) is 43.8 Å². The Morgan fingerprint density at radius 2 is 1.86 bits per heavy atom. The molecule has 0 aliphatic rings. The molecule has 1 aromatic carbocycles. The van der Waals surface area contributed by atoms with Gasteiger partial charge in [0, 0.05) is 13.1 Å². The monoisotopic (exact) mass is 293 g/mol. The largest absolute Gasteiger partial charge is 0.473 e. The fraction of sp³-hybridized carbons (Fsp3) is 0.562. The SMILES string of the molecule is CCc1ccccc1OCNC(=O)NCCN(CC)CC. The number of hydrogen-bond acceptors (Lipinski definition) is 3. The maximum atomic E-state index is 11.6. The first-order valence-corrected chi connectivity index (χ1v) is 7.65. The zero-order chi connectivity index (χ0) is 15.5. The third kappa shape index (κ3) is 6.49. The molecule has 118 valence electrons. The van der Waals surface area contributed by atoms with E-state index in [4.69, 9.17) is 4.74 Å². The van der Waals surface area contributed by atoms with Crippen LogP contribution >= 0.6 is 0 Å². The van der Waals surface area contributed by atoms with Crippen molar-refractivity contribution in [3.05, 3.63) is 29.8 Å². The van der Waals surface area contributed by atoms with Crippen molar-refractivity contribution in [1.82, 2.24) is 15.5 Å². The van der Waals surface area contributed by atoms with Gasteiger partial charge in [-0.15, -0.1) is 0 Å². The molecule has 5 heteroatoms. The Labute approximate surface area is 127 Å². The van der Waals surface area contributed by atoms with Crippen LogP contribution in [0.2, 0.25) is 0 Å². The summed E-state index contributed by atoms with van der Waals surface area (Å²) in [5, 5.41) is 5.53. The molecule has 0 unspecified atom stereocenters. The zero-order valence-electron chi connectivity index (χ0n) is 13.3. The summed E-state index contributed by atoms with van der Waals surface area (Å²) in [6.45, 7) is 9.97. The molecule has 0 bridgehead atoms. The molecule has 2 amide bonds. The summed E-state index contributed by atoms with van der Waals surface area (Å²) in [6, 6.07) is 7.66. The molecule has 0 fully saturated rings. The predicted molar refractivity (Wildman–Crippen MR) is 85.6 cm³/mol. The number of hydrogen-bond donors (Lipinski definition) is 2. The second-order valence-electron chi connectivity index (χ2n) is 4.71. The van der Waals surface area contributed by atoms with Crippen LogP contribution in [0.5, 0.6) is 5.75 Å². The molecule has 0 spiro atoms. The molecule has 5 nitrogen and oxygen atoms in total. The van der Waals surface area contributed by atoms with Crippen molar-refractivity contribution < 1.29 is 9.53 Å². The third-order valence-electron chi connectivity index (χ3n) is 3.42. The first-order valence-electron chi connectivity index (χ1n) is 7.65. The van der Waals surface area contributed by atoms with Crippen LogP contribution in [0.3, 0.4) is 0 Å². The van der Waals surface area contributed by atoms with Crippen molar-refractivity contribution in [3.8, 4) is 5.75 Å². The number of nitrogens with zero attached hydrogens (tertiary/aromatic N) is 1. The van der Waals surface area contributed by atoms with Crippen LogP contribution in [0, 0.1) is 0 Å². The molecular weight excluding hydrogens is 266 g/mol. The summed E-state index contributed by atoms with van der Waals surface area (Å²) in [5.74, 6) is 0.823. The molecule has 1 aromatic rings. The molecule has 0 aromatic heterocycles. The van der Waals surface area contributed by atoms with Crippen molar-refractivity contribution in [2.24, 2.45) is 0 Å². The van der Waals surface area contributed by atoms with Crippen LogP contribution in [-0.2, 0) is 6.42 Å². The van der Waals surface area contributed by atoms with E-state index in [0.717, 1.165) is 37.4 Å². The number of nitrogens with one attached hydrogen (secondary N) is 2. The van der Waals surface area contributed by atoms with Crippen LogP contribution in [0.15, 0.2) is 24.3 Å². The average Bonchev–Trinajstić information content (AvgIpc) is 2.52. The molecule has 0 heterocycles. The first-order chi connectivity index (χ1) is 10.2. The van der Waals surface area contributed by atoms with Crippen molar-refractivity contribution >= 4 is 6.03 Å². The minimum absolute atomic E-state index is 0.175. The Bertz CT molecular complexity index is 420. The third-order valence-corrected chi connectivity index (χ3v) is 3.42. The molecule has 0 radical (unpaired) electrons. The van der Waals surface area contributed by atoms with Gasteiger partial charge in [-0.25, -0.2) is 4.79 Å². The number of likely N-dealkylation sites (N-methyl/N-ethyl adjacent to an activating group) is 1. The molecule has 0 atom stereocenters. The van der Waals surface area contributed by atoms with E-state index in [1.165, 1.54) is 0 Å². The minimum atomic E-state index is -0.198. The highest BCUT2D eigenvalue weighted by molar-refractivity contribution is 5.73. The van der Waals surface area contributed by atoms with Gasteiger partial charge in [0.05, 0.1) is 0 Å². The molecule has 0 saturated carbocycles. The normalized spacial score (nSPS) is 10.5. The van der Waals surface area contributed by atoms with Crippen molar-refractivity contribution in [3.63, 3.8) is 0 Å². The number of ether oxygens (including phenoxy) is 1. The smallest absolute Gasteiger partial charge is 0.317 e. The summed E-state index contributed by atoms with van der Waals surface area (Å²) in [6.07, 6.45) is 0.909. The number of amides is 2. The molecule has 1 rings (SSSR count). The lowest BCUT2D eigenvalue weighted by Gasteiger charge is -2.18. The van der Waals surface area contributed by atoms with Gasteiger partial charge in [-0.2, -0.15) is 0 Å². The number of carbonyl (C=O) groups is 1. The molecule has 2 N–H and O–H groups in total. The van der Waals surface area contributed by atoms with Crippen LogP contribution < -0.4 is 15.4 Å². The highest BCUT2D eigenvalue weighted by Crippen LogP contribution is 2.17. The van der Waals surface area contributed by atoms with Gasteiger partial charge in [-0.05, 0) is 31.1 Å². The van der Waals surface area contributed by atoms with E-state index in [1.54, 1.807) is 0 Å². The summed E-state index contributed by atoms with van der Waals surface area (Å²) < 4.78 is 5.59. The Balaban J connectivity index is 2.21. The van der Waals surface area contributed by atoms with Crippen molar-refractivity contribution in [2.75, 3.05) is 32.9 Å². The van der Waals surface area contributed by atoms with Gasteiger partial charge in [0.1, 0.15) is 5.75 Å². The minimum Gasteiger partial charge on any atom is -0.473 e. The summed E-state index contributed by atoms with van der Waals surface area (Å²) in [5.41, 5.74) is 1.14. The predicted octanol–water partition coefficient (Wildman–Crippen LogP) is 2.23. The summed E-state index contributed by atoms with van der Waals surface area (Å²) in [7, 11) is 0. The lowest BCUT2D eigenvalue weighted by molar-refractivity contribution is 0.221. The first kappa shape index (κ1) is 17.3. The maximum Gasteiger partial charge on any atom is 0.317 e. The van der Waals surface area contributed by atoms with Crippen LogP contribution in [0.1, 0.15) is 26.3 Å². The highest BCUT2D eigenvalue weighted by Gasteiger charge is 2.03. The van der Waals surface area contributed by atoms with E-state index in [0.29, 0.717) is 6.54 Å². The number of rotatable bonds is 9. The number of urea groups is 1. The topological polar surface area (TPSA) is 53.6 Å². The van der Waals surface area contributed by atoms with Gasteiger partial charge >= 0.3 is 6.03 Å². The van der Waals surface area contributed by atoms with E-state index in [1.807, 2.05) is 24.3 Å². The lowest BCUT2D eigenvalue weighted by Crippen LogP contribution is -2.41. The lowest BCUT2D eigenvalue weighted by atomic mass is 10.1. The van der Waals surface area contributed by atoms with Gasteiger partial charge in [0.2, 0.25) is 0 Å². The van der Waals surface area contributed by atoms with Gasteiger partial charge in [0.25, 0.3) is 0 Å². The van der Waals surface area contributed by atoms with E-state index < -0.39 is 0 Å². The second-order valence-corrected chi connectivity index (χ2v) is 4.71. The van der Waals surface area contributed by atoms with Crippen LogP contribution in [0.4, 0.5) is 4.79 Å². The highest BCUT2D eigenvalue weighted by atomic mass is 16.5. The fourth-order valence-corrected chi connectivity index (χ4v) is 2.05. The number of para-hydroxylation sites is 1. The van der Waals surface area contributed by atoms with Crippen LogP contribution in [0.25, 0.3) is 0 Å². The fourth-order valence-electron chi connectivity index (χ4n) is 2.05. The molecule has 0 aliphatic carbocycles. The molecule has 0 aliphatic heterocycles. The summed E-state index contributed by atoms with van der Waals surface area (Å²) in [4.78, 5) is 13.9. The standard InChI is InChI=1S/C16H27N3O2/c1-4-14-9-7-8-10-15(14)21-13-18-16(20)17-11-12-19(5-2)6-3/h7-10H,4-6,11-13H2,1-3H3,(H2,17,18,20). The van der Waals surface area contributed by atoms with E-state index in [9.17, 15) is 4.79 Å². The molecular formula is C16H27N3O2. The number of carbonyl (C=O) groups excluding carboxylic acids is 1. The Hall–Kier alpha value is -1.75. The Kier molecular flexibility index (Phi) is 8.28. The quantitative estimate of drug-likeness (QED) is 0.687. The van der Waals surface area contributed by atoms with Gasteiger partial charge in [-0.3, -0.25) is 0 Å². The number of benzene rings is 1. The average molecular weight is 293 g/mol. The second kappa shape index (κ2) is 10.0. The Morgan fingerprint density at radius 3 is 2.52 bits per heavy atom. The molecule has 21 heavy (non-hydrogen) atoms. The van der Waals surface area contributed by atoms with Gasteiger partial charge in [-0.1, -0.05) is 39.0 Å². The van der Waals surface area contributed by atoms with E-state index in [2.05, 4.69) is 36.3 Å². The zero-order valence-corrected chi connectivity index (χ0v) is 13.3. The Morgan fingerprint density at radius 1 is 1.14 bits per heavy atom. The van der Waals surface area contributed by atoms with Crippen molar-refractivity contribution in [2.45, 2.75) is 27.2 Å². The number of aryl methyl sites for hydroxylation is 1. The van der Waals surface area contributed by atoms with E-state index in [-0.39, 0.29) is 12.8 Å². The molecule has 0 saturated heterocycles. The van der Waals surface area contributed by atoms with Crippen molar-refractivity contribution in [1.29, 1.82) is 0 Å².